The maximum atomic E-state index is 12.4. The van der Waals surface area contributed by atoms with E-state index in [9.17, 15) is 14.7 Å². The number of rotatable bonds is 5. The van der Waals surface area contributed by atoms with Gasteiger partial charge >= 0.3 is 5.97 Å². The average Bonchev–Trinajstić information content (AvgIpc) is 2.45. The first-order chi connectivity index (χ1) is 10.0. The summed E-state index contributed by atoms with van der Waals surface area (Å²) < 4.78 is 5.04. The van der Waals surface area contributed by atoms with E-state index in [1.807, 2.05) is 25.1 Å². The highest BCUT2D eigenvalue weighted by Gasteiger charge is 2.35. The van der Waals surface area contributed by atoms with Gasteiger partial charge < -0.3 is 14.7 Å². The molecule has 0 spiro atoms. The lowest BCUT2D eigenvalue weighted by molar-refractivity contribution is -0.151. The van der Waals surface area contributed by atoms with Crippen LogP contribution in [-0.4, -0.2) is 42.1 Å². The van der Waals surface area contributed by atoms with Crippen molar-refractivity contribution in [1.82, 2.24) is 4.90 Å². The Hall–Kier alpha value is -1.88. The number of hydrogen-bond donors (Lipinski definition) is 1. The predicted octanol–water partition coefficient (Wildman–Crippen LogP) is 1.87. The molecule has 1 heterocycles. The van der Waals surface area contributed by atoms with E-state index in [-0.39, 0.29) is 11.8 Å². The average molecular weight is 291 g/mol. The lowest BCUT2D eigenvalue weighted by Gasteiger charge is -2.35. The van der Waals surface area contributed by atoms with Crippen LogP contribution in [0.4, 0.5) is 0 Å². The molecule has 0 aliphatic carbocycles. The summed E-state index contributed by atoms with van der Waals surface area (Å²) in [7, 11) is 1.60. The Kier molecular flexibility index (Phi) is 4.96. The van der Waals surface area contributed by atoms with Crippen LogP contribution in [0.25, 0.3) is 0 Å². The minimum atomic E-state index is -0.977. The van der Waals surface area contributed by atoms with E-state index in [1.54, 1.807) is 13.2 Å². The summed E-state index contributed by atoms with van der Waals surface area (Å²) in [5.74, 6) is -1.02. The summed E-state index contributed by atoms with van der Waals surface area (Å²) in [6.45, 7) is 2.87. The summed E-state index contributed by atoms with van der Waals surface area (Å²) in [6, 6.07) is 6.57. The molecule has 1 amide bonds. The van der Waals surface area contributed by atoms with Crippen LogP contribution in [0.1, 0.15) is 30.5 Å². The summed E-state index contributed by atoms with van der Waals surface area (Å²) >= 11 is 0. The number of fused-ring (bicyclic) bond motifs is 1. The van der Waals surface area contributed by atoms with Gasteiger partial charge in [-0.2, -0.15) is 0 Å². The number of benzene rings is 1. The summed E-state index contributed by atoms with van der Waals surface area (Å²) in [4.78, 5) is 25.5. The van der Waals surface area contributed by atoms with Crippen molar-refractivity contribution in [2.75, 3.05) is 20.3 Å². The molecule has 1 aliphatic rings. The van der Waals surface area contributed by atoms with Crippen molar-refractivity contribution in [3.63, 3.8) is 0 Å². The lowest BCUT2D eigenvalue weighted by atomic mass is 9.92. The van der Waals surface area contributed by atoms with Gasteiger partial charge in [0, 0.05) is 26.7 Å². The molecular weight excluding hydrogens is 270 g/mol. The third-order valence-electron chi connectivity index (χ3n) is 3.81. The van der Waals surface area contributed by atoms with Crippen LogP contribution in [0, 0.1) is 5.92 Å². The van der Waals surface area contributed by atoms with E-state index in [2.05, 4.69) is 0 Å². The van der Waals surface area contributed by atoms with Crippen molar-refractivity contribution in [2.45, 2.75) is 25.8 Å². The Balaban J connectivity index is 2.20. The van der Waals surface area contributed by atoms with Gasteiger partial charge in [0.05, 0.1) is 0 Å². The molecular formula is C16H21NO4. The monoisotopic (exact) mass is 291 g/mol. The zero-order valence-corrected chi connectivity index (χ0v) is 12.4. The maximum absolute atomic E-state index is 12.4. The number of carboxylic acid groups (broad SMARTS) is 1. The second kappa shape index (κ2) is 6.72. The fourth-order valence-electron chi connectivity index (χ4n) is 2.86. The van der Waals surface area contributed by atoms with Gasteiger partial charge in [-0.3, -0.25) is 4.79 Å². The first-order valence-electron chi connectivity index (χ1n) is 7.13. The first kappa shape index (κ1) is 15.5. The molecule has 1 aromatic carbocycles. The van der Waals surface area contributed by atoms with Crippen LogP contribution in [0.2, 0.25) is 0 Å². The second-order valence-electron chi connectivity index (χ2n) is 5.54. The van der Waals surface area contributed by atoms with E-state index in [0.717, 1.165) is 11.1 Å². The zero-order chi connectivity index (χ0) is 15.4. The Morgan fingerprint density at radius 2 is 2.14 bits per heavy atom. The van der Waals surface area contributed by atoms with Gasteiger partial charge in [-0.15, -0.1) is 0 Å². The molecule has 0 radical (unpaired) electrons. The minimum Gasteiger partial charge on any atom is -0.479 e. The Morgan fingerprint density at radius 3 is 2.81 bits per heavy atom. The number of carbonyl (C=O) groups excluding carboxylic acids is 1. The molecule has 2 rings (SSSR count). The largest absolute Gasteiger partial charge is 0.479 e. The topological polar surface area (TPSA) is 66.8 Å². The normalized spacial score (nSPS) is 19.0. The maximum Gasteiger partial charge on any atom is 0.331 e. The number of amides is 1. The van der Waals surface area contributed by atoms with Crippen molar-refractivity contribution in [1.29, 1.82) is 0 Å². The van der Waals surface area contributed by atoms with Gasteiger partial charge in [0.15, 0.2) is 6.04 Å². The zero-order valence-electron chi connectivity index (χ0n) is 12.4. The van der Waals surface area contributed by atoms with Crippen molar-refractivity contribution in [2.24, 2.45) is 5.92 Å². The molecule has 114 valence electrons. The third kappa shape index (κ3) is 3.42. The molecule has 2 unspecified atom stereocenters. The van der Waals surface area contributed by atoms with Crippen LogP contribution in [-0.2, 0) is 20.7 Å². The molecule has 0 bridgehead atoms. The molecule has 0 fully saturated rings. The minimum absolute atomic E-state index is 0.0779. The molecule has 1 aliphatic heterocycles. The van der Waals surface area contributed by atoms with Crippen LogP contribution < -0.4 is 0 Å². The number of aliphatic carboxylic acids is 1. The van der Waals surface area contributed by atoms with E-state index in [4.69, 9.17) is 4.74 Å². The van der Waals surface area contributed by atoms with Crippen molar-refractivity contribution < 1.29 is 19.4 Å². The molecule has 5 nitrogen and oxygen atoms in total. The standard InChI is InChI=1S/C16H21NO4/c1-11(10-21-2)9-14(18)17-8-7-12-5-3-4-6-13(12)15(17)16(19)20/h3-6,11,15H,7-10H2,1-2H3,(H,19,20). The number of nitrogens with zero attached hydrogens (tertiary/aromatic N) is 1. The molecule has 0 saturated heterocycles. The lowest BCUT2D eigenvalue weighted by Crippen LogP contribution is -2.44. The smallest absolute Gasteiger partial charge is 0.331 e. The van der Waals surface area contributed by atoms with Gasteiger partial charge in [0.25, 0.3) is 0 Å². The van der Waals surface area contributed by atoms with Gasteiger partial charge in [-0.25, -0.2) is 4.79 Å². The number of carbonyl (C=O) groups is 2. The Morgan fingerprint density at radius 1 is 1.43 bits per heavy atom. The molecule has 21 heavy (non-hydrogen) atoms. The van der Waals surface area contributed by atoms with Crippen molar-refractivity contribution in [3.05, 3.63) is 35.4 Å². The summed E-state index contributed by atoms with van der Waals surface area (Å²) in [5.41, 5.74) is 1.74. The number of hydrogen-bond acceptors (Lipinski definition) is 3. The van der Waals surface area contributed by atoms with Crippen LogP contribution in [0.3, 0.4) is 0 Å². The van der Waals surface area contributed by atoms with Crippen molar-refractivity contribution in [3.8, 4) is 0 Å². The Bertz CT molecular complexity index is 529. The van der Waals surface area contributed by atoms with Crippen molar-refractivity contribution >= 4 is 11.9 Å². The van der Waals surface area contributed by atoms with Crippen LogP contribution >= 0.6 is 0 Å². The third-order valence-corrected chi connectivity index (χ3v) is 3.81. The second-order valence-corrected chi connectivity index (χ2v) is 5.54. The molecule has 1 N–H and O–H groups in total. The van der Waals surface area contributed by atoms with Crippen LogP contribution in [0.15, 0.2) is 24.3 Å². The highest BCUT2D eigenvalue weighted by molar-refractivity contribution is 5.85. The van der Waals surface area contributed by atoms with Gasteiger partial charge in [-0.1, -0.05) is 31.2 Å². The molecule has 0 aromatic heterocycles. The fraction of sp³-hybridized carbons (Fsp3) is 0.500. The predicted molar refractivity (Wildman–Crippen MR) is 77.9 cm³/mol. The number of methoxy groups -OCH3 is 1. The van der Waals surface area contributed by atoms with Gasteiger partial charge in [0.2, 0.25) is 5.91 Å². The summed E-state index contributed by atoms with van der Waals surface area (Å²) in [5, 5.41) is 9.52. The van der Waals surface area contributed by atoms with E-state index in [0.29, 0.717) is 26.0 Å². The first-order valence-corrected chi connectivity index (χ1v) is 7.13. The molecule has 1 aromatic rings. The number of carboxylic acids is 1. The van der Waals surface area contributed by atoms with E-state index < -0.39 is 12.0 Å². The van der Waals surface area contributed by atoms with Gasteiger partial charge in [-0.05, 0) is 23.5 Å². The molecule has 0 saturated carbocycles. The molecule has 5 heteroatoms. The fourth-order valence-corrected chi connectivity index (χ4v) is 2.86. The highest BCUT2D eigenvalue weighted by Crippen LogP contribution is 2.30. The molecule has 2 atom stereocenters. The summed E-state index contributed by atoms with van der Waals surface area (Å²) in [6.07, 6.45) is 1.00. The van der Waals surface area contributed by atoms with Crippen LogP contribution in [0.5, 0.6) is 0 Å². The quantitative estimate of drug-likeness (QED) is 0.899. The Labute approximate surface area is 124 Å². The van der Waals surface area contributed by atoms with Gasteiger partial charge in [0.1, 0.15) is 0 Å². The highest BCUT2D eigenvalue weighted by atomic mass is 16.5. The SMILES string of the molecule is COCC(C)CC(=O)N1CCc2ccccc2C1C(=O)O. The van der Waals surface area contributed by atoms with E-state index >= 15 is 0 Å². The van der Waals surface area contributed by atoms with E-state index in [1.165, 1.54) is 4.90 Å². The number of ether oxygens (including phenoxy) is 1.